The molecule has 2 rings (SSSR count). The lowest BCUT2D eigenvalue weighted by molar-refractivity contribution is -0.143. The highest BCUT2D eigenvalue weighted by Gasteiger charge is 2.21. The van der Waals surface area contributed by atoms with Gasteiger partial charge in [0.25, 0.3) is 5.91 Å². The van der Waals surface area contributed by atoms with Crippen LogP contribution in [0.25, 0.3) is 10.8 Å². The predicted molar refractivity (Wildman–Crippen MR) is 89.9 cm³/mol. The van der Waals surface area contributed by atoms with Crippen molar-refractivity contribution in [1.29, 1.82) is 0 Å². The van der Waals surface area contributed by atoms with Gasteiger partial charge in [-0.1, -0.05) is 30.3 Å². The second kappa shape index (κ2) is 8.00. The quantitative estimate of drug-likeness (QED) is 0.507. The number of unbranched alkanes of at least 4 members (excludes halogenated alkanes) is 1. The zero-order valence-electron chi connectivity index (χ0n) is 13.0. The summed E-state index contributed by atoms with van der Waals surface area (Å²) in [5.41, 5.74) is 0.509. The molecule has 0 fully saturated rings. The number of hydrogen-bond acceptors (Lipinski definition) is 3. The van der Waals surface area contributed by atoms with E-state index in [2.05, 4.69) is 11.2 Å². The molecule has 1 N–H and O–H groups in total. The number of fused-ring (bicyclic) bond motifs is 1. The second-order valence-electron chi connectivity index (χ2n) is 5.21. The first-order chi connectivity index (χ1) is 11.2. The normalized spacial score (nSPS) is 11.5. The Hall–Kier alpha value is -2.80. The molecule has 0 saturated carbocycles. The van der Waals surface area contributed by atoms with Crippen molar-refractivity contribution in [2.75, 3.05) is 7.11 Å². The Morgan fingerprint density at radius 2 is 1.96 bits per heavy atom. The van der Waals surface area contributed by atoms with Gasteiger partial charge in [0, 0.05) is 12.0 Å². The largest absolute Gasteiger partial charge is 0.467 e. The minimum atomic E-state index is -0.688. The van der Waals surface area contributed by atoms with Crippen LogP contribution in [0.5, 0.6) is 0 Å². The number of carbonyl (C=O) groups excluding carboxylic acids is 2. The van der Waals surface area contributed by atoms with Crippen molar-refractivity contribution in [1.82, 2.24) is 5.32 Å². The fraction of sp³-hybridized carbons (Fsp3) is 0.263. The highest BCUT2D eigenvalue weighted by molar-refractivity contribution is 6.00. The van der Waals surface area contributed by atoms with Gasteiger partial charge in [-0.2, -0.15) is 0 Å². The van der Waals surface area contributed by atoms with Gasteiger partial charge in [0.15, 0.2) is 0 Å². The molecule has 0 spiro atoms. The van der Waals surface area contributed by atoms with Crippen molar-refractivity contribution in [2.45, 2.75) is 25.3 Å². The van der Waals surface area contributed by atoms with Crippen molar-refractivity contribution < 1.29 is 14.3 Å². The van der Waals surface area contributed by atoms with Crippen LogP contribution in [-0.4, -0.2) is 25.0 Å². The molecule has 2 aromatic rings. The molecule has 0 unspecified atom stereocenters. The molecule has 118 valence electrons. The number of benzene rings is 2. The molecular weight excluding hydrogens is 290 g/mol. The smallest absolute Gasteiger partial charge is 0.328 e. The topological polar surface area (TPSA) is 55.4 Å². The average Bonchev–Trinajstić information content (AvgIpc) is 2.59. The first-order valence-corrected chi connectivity index (χ1v) is 7.46. The van der Waals surface area contributed by atoms with E-state index in [9.17, 15) is 9.59 Å². The minimum absolute atomic E-state index is 0.299. The summed E-state index contributed by atoms with van der Waals surface area (Å²) in [5, 5.41) is 4.76. The predicted octanol–water partition coefficient (Wildman–Crippen LogP) is 2.91. The summed E-state index contributed by atoms with van der Waals surface area (Å²) in [4.78, 5) is 24.2. The first-order valence-electron chi connectivity index (χ1n) is 7.46. The van der Waals surface area contributed by atoms with Gasteiger partial charge in [0.1, 0.15) is 6.04 Å². The summed E-state index contributed by atoms with van der Waals surface area (Å²) in [6.07, 6.45) is 6.87. The van der Waals surface area contributed by atoms with Crippen LogP contribution in [0.1, 0.15) is 29.6 Å². The average molecular weight is 309 g/mol. The van der Waals surface area contributed by atoms with Crippen molar-refractivity contribution >= 4 is 22.6 Å². The fourth-order valence-corrected chi connectivity index (χ4v) is 2.37. The van der Waals surface area contributed by atoms with Gasteiger partial charge in [-0.25, -0.2) is 4.79 Å². The van der Waals surface area contributed by atoms with Crippen molar-refractivity contribution in [3.63, 3.8) is 0 Å². The van der Waals surface area contributed by atoms with E-state index in [1.807, 2.05) is 30.3 Å². The Kier molecular flexibility index (Phi) is 5.76. The summed E-state index contributed by atoms with van der Waals surface area (Å²) < 4.78 is 4.74. The maximum atomic E-state index is 12.4. The van der Waals surface area contributed by atoms with E-state index < -0.39 is 12.0 Å². The molecule has 4 heteroatoms. The van der Waals surface area contributed by atoms with Crippen LogP contribution >= 0.6 is 0 Å². The van der Waals surface area contributed by atoms with Crippen LogP contribution in [0.3, 0.4) is 0 Å². The molecule has 1 atom stereocenters. The SMILES string of the molecule is C#CCCC[C@H](NC(=O)c1ccc2ccccc2c1)C(=O)OC. The zero-order chi connectivity index (χ0) is 16.7. The molecule has 2 aromatic carbocycles. The fourth-order valence-electron chi connectivity index (χ4n) is 2.37. The molecule has 23 heavy (non-hydrogen) atoms. The van der Waals surface area contributed by atoms with E-state index in [0.717, 1.165) is 10.8 Å². The molecule has 0 aromatic heterocycles. The third-order valence-corrected chi connectivity index (χ3v) is 3.62. The maximum Gasteiger partial charge on any atom is 0.328 e. The van der Waals surface area contributed by atoms with E-state index in [1.54, 1.807) is 12.1 Å². The van der Waals surface area contributed by atoms with Gasteiger partial charge in [-0.3, -0.25) is 4.79 Å². The summed E-state index contributed by atoms with van der Waals surface area (Å²) >= 11 is 0. The van der Waals surface area contributed by atoms with E-state index in [-0.39, 0.29) is 5.91 Å². The Morgan fingerprint density at radius 3 is 2.65 bits per heavy atom. The Balaban J connectivity index is 2.12. The number of rotatable bonds is 6. The van der Waals surface area contributed by atoms with Crippen LogP contribution in [0.4, 0.5) is 0 Å². The monoisotopic (exact) mass is 309 g/mol. The lowest BCUT2D eigenvalue weighted by atomic mass is 10.1. The molecule has 0 aliphatic heterocycles. The van der Waals surface area contributed by atoms with Gasteiger partial charge in [0.2, 0.25) is 0 Å². The van der Waals surface area contributed by atoms with Crippen molar-refractivity contribution in [3.05, 3.63) is 48.0 Å². The van der Waals surface area contributed by atoms with Crippen LogP contribution in [-0.2, 0) is 9.53 Å². The minimum Gasteiger partial charge on any atom is -0.467 e. The third-order valence-electron chi connectivity index (χ3n) is 3.62. The van der Waals surface area contributed by atoms with Gasteiger partial charge < -0.3 is 10.1 Å². The number of nitrogens with one attached hydrogen (secondary N) is 1. The maximum absolute atomic E-state index is 12.4. The van der Waals surface area contributed by atoms with E-state index in [0.29, 0.717) is 24.8 Å². The summed E-state index contributed by atoms with van der Waals surface area (Å²) in [5.74, 6) is 1.76. The number of terminal acetylenes is 1. The number of carbonyl (C=O) groups is 2. The molecule has 0 radical (unpaired) electrons. The summed E-state index contributed by atoms with van der Waals surface area (Å²) in [6.45, 7) is 0. The van der Waals surface area contributed by atoms with Crippen molar-refractivity contribution in [2.24, 2.45) is 0 Å². The van der Waals surface area contributed by atoms with Crippen LogP contribution in [0.15, 0.2) is 42.5 Å². The molecular formula is C19H19NO3. The molecule has 4 nitrogen and oxygen atoms in total. The highest BCUT2D eigenvalue weighted by Crippen LogP contribution is 2.16. The van der Waals surface area contributed by atoms with Crippen LogP contribution in [0, 0.1) is 12.3 Å². The number of esters is 1. The van der Waals surface area contributed by atoms with Gasteiger partial charge in [0.05, 0.1) is 7.11 Å². The lowest BCUT2D eigenvalue weighted by Crippen LogP contribution is -2.41. The van der Waals surface area contributed by atoms with E-state index in [1.165, 1.54) is 7.11 Å². The molecule has 0 saturated heterocycles. The number of amides is 1. The van der Waals surface area contributed by atoms with E-state index in [4.69, 9.17) is 11.2 Å². The summed E-state index contributed by atoms with van der Waals surface area (Å²) in [7, 11) is 1.30. The third kappa shape index (κ3) is 4.33. The highest BCUT2D eigenvalue weighted by atomic mass is 16.5. The van der Waals surface area contributed by atoms with Gasteiger partial charge in [-0.05, 0) is 35.7 Å². The van der Waals surface area contributed by atoms with Crippen LogP contribution in [0.2, 0.25) is 0 Å². The zero-order valence-corrected chi connectivity index (χ0v) is 13.0. The molecule has 0 aliphatic carbocycles. The Labute approximate surface area is 135 Å². The molecule has 0 heterocycles. The molecule has 0 aliphatic rings. The molecule has 1 amide bonds. The number of hydrogen-bond donors (Lipinski definition) is 1. The number of ether oxygens (including phenoxy) is 1. The molecule has 0 bridgehead atoms. The second-order valence-corrected chi connectivity index (χ2v) is 5.21. The van der Waals surface area contributed by atoms with Gasteiger partial charge in [-0.15, -0.1) is 12.3 Å². The Morgan fingerprint density at radius 1 is 1.22 bits per heavy atom. The lowest BCUT2D eigenvalue weighted by Gasteiger charge is -2.16. The van der Waals surface area contributed by atoms with E-state index >= 15 is 0 Å². The van der Waals surface area contributed by atoms with Gasteiger partial charge >= 0.3 is 5.97 Å². The number of methoxy groups -OCH3 is 1. The summed E-state index contributed by atoms with van der Waals surface area (Å²) in [6, 6.07) is 12.5. The van der Waals surface area contributed by atoms with Crippen molar-refractivity contribution in [3.8, 4) is 12.3 Å². The first kappa shape index (κ1) is 16.6. The standard InChI is InChI=1S/C19H19NO3/c1-3-4-5-10-17(19(22)23-2)20-18(21)16-12-11-14-8-6-7-9-15(14)13-16/h1,6-9,11-13,17H,4-5,10H2,2H3,(H,20,21)/t17-/m0/s1. The Bertz CT molecular complexity index is 746. The van der Waals surface area contributed by atoms with Crippen LogP contribution < -0.4 is 5.32 Å².